The zero-order chi connectivity index (χ0) is 18.5. The van der Waals surface area contributed by atoms with Crippen molar-refractivity contribution in [3.63, 3.8) is 0 Å². The van der Waals surface area contributed by atoms with Gasteiger partial charge in [-0.3, -0.25) is 4.79 Å². The monoisotopic (exact) mass is 418 g/mol. The molecular formula is C21H13Cl3OS. The van der Waals surface area contributed by atoms with Crippen molar-refractivity contribution in [3.05, 3.63) is 104 Å². The molecule has 0 radical (unpaired) electrons. The maximum atomic E-state index is 13.0. The Morgan fingerprint density at radius 3 is 1.69 bits per heavy atom. The maximum Gasteiger partial charge on any atom is 0.199 e. The average Bonchev–Trinajstić information content (AvgIpc) is 2.65. The van der Waals surface area contributed by atoms with Crippen LogP contribution >= 0.6 is 46.6 Å². The number of hydrogen-bond acceptors (Lipinski definition) is 2. The summed E-state index contributed by atoms with van der Waals surface area (Å²) in [5.41, 5.74) is 1.48. The fraction of sp³-hybridized carbons (Fsp3) is 0. The van der Waals surface area contributed by atoms with Gasteiger partial charge >= 0.3 is 0 Å². The molecule has 0 aliphatic carbocycles. The molecule has 3 aromatic rings. The molecule has 0 aliphatic rings. The number of ketones is 1. The molecule has 3 rings (SSSR count). The van der Waals surface area contributed by atoms with E-state index in [-0.39, 0.29) is 5.78 Å². The Hall–Kier alpha value is -1.71. The Labute approximate surface area is 171 Å². The van der Waals surface area contributed by atoms with E-state index >= 15 is 0 Å². The summed E-state index contributed by atoms with van der Waals surface area (Å²) in [4.78, 5) is 14.5. The van der Waals surface area contributed by atoms with E-state index in [9.17, 15) is 4.79 Å². The summed E-state index contributed by atoms with van der Waals surface area (Å²) in [5.74, 6) is -0.0726. The Bertz CT molecular complexity index is 931. The third-order valence-corrected chi connectivity index (χ3v) is 5.33. The van der Waals surface area contributed by atoms with Crippen molar-refractivity contribution in [1.29, 1.82) is 0 Å². The summed E-state index contributed by atoms with van der Waals surface area (Å²) >= 11 is 19.2. The van der Waals surface area contributed by atoms with E-state index in [0.29, 0.717) is 25.5 Å². The van der Waals surface area contributed by atoms with Crippen molar-refractivity contribution in [3.8, 4) is 0 Å². The molecule has 0 aromatic heterocycles. The second-order valence-corrected chi connectivity index (χ2v) is 7.88. The quantitative estimate of drug-likeness (QED) is 0.240. The molecule has 0 heterocycles. The predicted octanol–water partition coefficient (Wildman–Crippen LogP) is 7.66. The molecule has 0 atom stereocenters. The minimum absolute atomic E-state index is 0.0726. The van der Waals surface area contributed by atoms with Gasteiger partial charge in [0.1, 0.15) is 0 Å². The zero-order valence-electron chi connectivity index (χ0n) is 13.5. The SMILES string of the molecule is O=C(C(=Cc1ccc(Cl)cc1)Sc1ccc(Cl)cc1)c1ccc(Cl)cc1. The summed E-state index contributed by atoms with van der Waals surface area (Å²) in [7, 11) is 0. The smallest absolute Gasteiger partial charge is 0.199 e. The number of allylic oxidation sites excluding steroid dienone is 1. The van der Waals surface area contributed by atoms with Gasteiger partial charge < -0.3 is 0 Å². The van der Waals surface area contributed by atoms with Gasteiger partial charge in [-0.15, -0.1) is 0 Å². The van der Waals surface area contributed by atoms with Crippen LogP contribution in [0.15, 0.2) is 82.6 Å². The van der Waals surface area contributed by atoms with Gasteiger partial charge in [-0.05, 0) is 72.3 Å². The van der Waals surface area contributed by atoms with Crippen LogP contribution in [0.2, 0.25) is 15.1 Å². The van der Waals surface area contributed by atoms with Crippen molar-refractivity contribution in [2.75, 3.05) is 0 Å². The van der Waals surface area contributed by atoms with Crippen molar-refractivity contribution < 1.29 is 4.79 Å². The molecule has 26 heavy (non-hydrogen) atoms. The molecule has 0 saturated heterocycles. The first-order valence-electron chi connectivity index (χ1n) is 7.72. The van der Waals surface area contributed by atoms with Crippen molar-refractivity contribution in [1.82, 2.24) is 0 Å². The summed E-state index contributed by atoms with van der Waals surface area (Å²) < 4.78 is 0. The average molecular weight is 420 g/mol. The number of thioether (sulfide) groups is 1. The largest absolute Gasteiger partial charge is 0.288 e. The fourth-order valence-electron chi connectivity index (χ4n) is 2.22. The Kier molecular flexibility index (Phi) is 6.44. The van der Waals surface area contributed by atoms with E-state index in [0.717, 1.165) is 10.5 Å². The number of carbonyl (C=O) groups excluding carboxylic acids is 1. The minimum atomic E-state index is -0.0726. The van der Waals surface area contributed by atoms with E-state index in [1.165, 1.54) is 11.8 Å². The van der Waals surface area contributed by atoms with Crippen LogP contribution in [-0.2, 0) is 0 Å². The molecule has 0 unspecified atom stereocenters. The van der Waals surface area contributed by atoms with E-state index < -0.39 is 0 Å². The van der Waals surface area contributed by atoms with Crippen LogP contribution in [0.5, 0.6) is 0 Å². The summed E-state index contributed by atoms with van der Waals surface area (Å²) in [6.07, 6.45) is 1.85. The molecule has 5 heteroatoms. The molecule has 0 aliphatic heterocycles. The lowest BCUT2D eigenvalue weighted by Crippen LogP contribution is -2.00. The number of Topliss-reactive ketones (excluding diaryl/α,β-unsaturated/α-hetero) is 1. The minimum Gasteiger partial charge on any atom is -0.288 e. The van der Waals surface area contributed by atoms with Crippen LogP contribution in [0.1, 0.15) is 15.9 Å². The molecule has 1 nitrogen and oxygen atoms in total. The van der Waals surface area contributed by atoms with Crippen molar-refractivity contribution in [2.45, 2.75) is 4.90 Å². The summed E-state index contributed by atoms with van der Waals surface area (Å²) in [6, 6.07) is 21.6. The van der Waals surface area contributed by atoms with Crippen LogP contribution in [0.25, 0.3) is 6.08 Å². The van der Waals surface area contributed by atoms with E-state index in [1.54, 1.807) is 48.5 Å². The van der Waals surface area contributed by atoms with E-state index in [2.05, 4.69) is 0 Å². The lowest BCUT2D eigenvalue weighted by molar-refractivity contribution is 0.104. The molecule has 0 fully saturated rings. The van der Waals surface area contributed by atoms with Crippen molar-refractivity contribution >= 4 is 58.4 Å². The number of benzene rings is 3. The Morgan fingerprint density at radius 2 is 1.15 bits per heavy atom. The van der Waals surface area contributed by atoms with Gasteiger partial charge in [0, 0.05) is 25.5 Å². The maximum absolute atomic E-state index is 13.0. The number of hydrogen-bond donors (Lipinski definition) is 0. The molecule has 130 valence electrons. The fourth-order valence-corrected chi connectivity index (χ4v) is 3.53. The molecule has 3 aromatic carbocycles. The number of carbonyl (C=O) groups is 1. The molecule has 0 saturated carbocycles. The van der Waals surface area contributed by atoms with Gasteiger partial charge in [-0.1, -0.05) is 58.7 Å². The first kappa shape index (κ1) is 19.1. The molecule has 0 bridgehead atoms. The van der Waals surface area contributed by atoms with Crippen LogP contribution in [0, 0.1) is 0 Å². The highest BCUT2D eigenvalue weighted by Gasteiger charge is 2.14. The first-order chi connectivity index (χ1) is 12.5. The van der Waals surface area contributed by atoms with Gasteiger partial charge in [0.05, 0.1) is 4.91 Å². The molecular weight excluding hydrogens is 407 g/mol. The Balaban J connectivity index is 1.97. The highest BCUT2D eigenvalue weighted by atomic mass is 35.5. The second kappa shape index (κ2) is 8.79. The lowest BCUT2D eigenvalue weighted by Gasteiger charge is -2.08. The van der Waals surface area contributed by atoms with Gasteiger partial charge in [0.2, 0.25) is 0 Å². The molecule has 0 spiro atoms. The normalized spacial score (nSPS) is 11.4. The lowest BCUT2D eigenvalue weighted by atomic mass is 10.1. The third-order valence-electron chi connectivity index (χ3n) is 3.54. The Morgan fingerprint density at radius 1 is 0.692 bits per heavy atom. The van der Waals surface area contributed by atoms with Crippen LogP contribution in [-0.4, -0.2) is 5.78 Å². The first-order valence-corrected chi connectivity index (χ1v) is 9.67. The van der Waals surface area contributed by atoms with Crippen LogP contribution < -0.4 is 0 Å². The van der Waals surface area contributed by atoms with Gasteiger partial charge in [0.15, 0.2) is 5.78 Å². The topological polar surface area (TPSA) is 17.1 Å². The van der Waals surface area contributed by atoms with E-state index in [1.807, 2.05) is 30.3 Å². The zero-order valence-corrected chi connectivity index (χ0v) is 16.5. The van der Waals surface area contributed by atoms with Gasteiger partial charge in [-0.2, -0.15) is 0 Å². The number of rotatable bonds is 5. The van der Waals surface area contributed by atoms with Gasteiger partial charge in [-0.25, -0.2) is 0 Å². The van der Waals surface area contributed by atoms with Gasteiger partial charge in [0.25, 0.3) is 0 Å². The van der Waals surface area contributed by atoms with Crippen molar-refractivity contribution in [2.24, 2.45) is 0 Å². The molecule has 0 amide bonds. The highest BCUT2D eigenvalue weighted by Crippen LogP contribution is 2.32. The number of halogens is 3. The van der Waals surface area contributed by atoms with Crippen LogP contribution in [0.3, 0.4) is 0 Å². The summed E-state index contributed by atoms with van der Waals surface area (Å²) in [5, 5.41) is 1.90. The van der Waals surface area contributed by atoms with E-state index in [4.69, 9.17) is 34.8 Å². The third kappa shape index (κ3) is 5.15. The van der Waals surface area contributed by atoms with Crippen LogP contribution in [0.4, 0.5) is 0 Å². The molecule has 0 N–H and O–H groups in total. The predicted molar refractivity (Wildman–Crippen MR) is 113 cm³/mol. The standard InChI is InChI=1S/C21H13Cl3OS/c22-16-5-1-14(2-6-16)13-20(26-19-11-9-18(24)10-12-19)21(25)15-3-7-17(23)8-4-15/h1-13H. The second-order valence-electron chi connectivity index (χ2n) is 5.45. The highest BCUT2D eigenvalue weighted by molar-refractivity contribution is 8.04. The summed E-state index contributed by atoms with van der Waals surface area (Å²) in [6.45, 7) is 0.